The van der Waals surface area contributed by atoms with Crippen LogP contribution in [0.4, 0.5) is 5.82 Å². The number of nitrogens with zero attached hydrogens (tertiary/aromatic N) is 2. The van der Waals surface area contributed by atoms with E-state index in [1.165, 1.54) is 44.9 Å². The van der Waals surface area contributed by atoms with Gasteiger partial charge >= 0.3 is 0 Å². The predicted molar refractivity (Wildman–Crippen MR) is 79.6 cm³/mol. The lowest BCUT2D eigenvalue weighted by Gasteiger charge is -2.17. The van der Waals surface area contributed by atoms with Gasteiger partial charge < -0.3 is 5.73 Å². The van der Waals surface area contributed by atoms with Crippen molar-refractivity contribution in [3.05, 3.63) is 10.2 Å². The van der Waals surface area contributed by atoms with Gasteiger partial charge in [0.2, 0.25) is 0 Å². The molecule has 3 nitrogen and oxygen atoms in total. The Hall–Kier alpha value is -0.510. The molecule has 0 amide bonds. The Morgan fingerprint density at radius 3 is 2.72 bits per heavy atom. The molecule has 0 saturated heterocycles. The van der Waals surface area contributed by atoms with Gasteiger partial charge in [-0.1, -0.05) is 32.6 Å². The molecule has 102 valence electrons. The first kappa shape index (κ1) is 13.9. The molecule has 18 heavy (non-hydrogen) atoms. The number of nitrogen functional groups attached to an aromatic ring is 1. The maximum Gasteiger partial charge on any atom is 0.136 e. The summed E-state index contributed by atoms with van der Waals surface area (Å²) in [5.41, 5.74) is 7.13. The fourth-order valence-corrected chi connectivity index (χ4v) is 3.39. The number of aryl methyl sites for hydroxylation is 1. The minimum Gasteiger partial charge on any atom is -0.383 e. The van der Waals surface area contributed by atoms with Gasteiger partial charge in [-0.05, 0) is 48.0 Å². The summed E-state index contributed by atoms with van der Waals surface area (Å²) < 4.78 is 3.02. The van der Waals surface area contributed by atoms with Crippen molar-refractivity contribution >= 4 is 21.7 Å². The van der Waals surface area contributed by atoms with Crippen molar-refractivity contribution in [2.45, 2.75) is 64.8 Å². The van der Waals surface area contributed by atoms with E-state index >= 15 is 0 Å². The average Bonchev–Trinajstić information content (AvgIpc) is 2.58. The highest BCUT2D eigenvalue weighted by Gasteiger charge is 2.23. The lowest BCUT2D eigenvalue weighted by atomic mass is 9.95. The van der Waals surface area contributed by atoms with E-state index < -0.39 is 0 Å². The van der Waals surface area contributed by atoms with Gasteiger partial charge in [-0.2, -0.15) is 5.10 Å². The number of halogens is 1. The Labute approximate surface area is 118 Å². The molecule has 2 atom stereocenters. The Morgan fingerprint density at radius 1 is 1.33 bits per heavy atom. The minimum absolute atomic E-state index is 0.497. The molecule has 0 aromatic carbocycles. The van der Waals surface area contributed by atoms with Crippen LogP contribution in [0.2, 0.25) is 0 Å². The summed E-state index contributed by atoms with van der Waals surface area (Å²) in [6, 6.07) is 0.497. The van der Waals surface area contributed by atoms with Crippen molar-refractivity contribution in [2.75, 3.05) is 5.73 Å². The Balaban J connectivity index is 2.07. The van der Waals surface area contributed by atoms with Crippen LogP contribution < -0.4 is 5.73 Å². The first-order valence-corrected chi connectivity index (χ1v) is 7.92. The first-order chi connectivity index (χ1) is 8.63. The van der Waals surface area contributed by atoms with E-state index in [4.69, 9.17) is 5.73 Å². The van der Waals surface area contributed by atoms with Gasteiger partial charge in [-0.3, -0.25) is 0 Å². The highest BCUT2D eigenvalue weighted by Crippen LogP contribution is 2.35. The molecule has 2 rings (SSSR count). The molecule has 0 radical (unpaired) electrons. The highest BCUT2D eigenvalue weighted by atomic mass is 79.9. The van der Waals surface area contributed by atoms with Crippen LogP contribution in [-0.2, 0) is 0 Å². The van der Waals surface area contributed by atoms with E-state index in [-0.39, 0.29) is 0 Å². The van der Waals surface area contributed by atoms with Crippen LogP contribution in [0, 0.1) is 12.8 Å². The predicted octanol–water partition coefficient (Wildman–Crippen LogP) is 4.46. The normalized spacial score (nSPS) is 25.1. The van der Waals surface area contributed by atoms with Crippen LogP contribution in [0.3, 0.4) is 0 Å². The quantitative estimate of drug-likeness (QED) is 0.837. The summed E-state index contributed by atoms with van der Waals surface area (Å²) in [7, 11) is 0. The van der Waals surface area contributed by atoms with E-state index in [9.17, 15) is 0 Å². The third-order valence-electron chi connectivity index (χ3n) is 4.15. The lowest BCUT2D eigenvalue weighted by molar-refractivity contribution is 0.387. The van der Waals surface area contributed by atoms with Crippen molar-refractivity contribution in [3.63, 3.8) is 0 Å². The maximum atomic E-state index is 6.13. The molecule has 1 heterocycles. The number of aromatic nitrogens is 2. The molecule has 1 aromatic rings. The first-order valence-electron chi connectivity index (χ1n) is 7.13. The third-order valence-corrected chi connectivity index (χ3v) is 5.13. The average molecular weight is 314 g/mol. The molecular weight excluding hydrogens is 290 g/mol. The number of hydrogen-bond donors (Lipinski definition) is 1. The Bertz CT molecular complexity index is 400. The molecule has 4 heteroatoms. The molecule has 1 fully saturated rings. The number of rotatable bonds is 3. The Kier molecular flexibility index (Phi) is 4.71. The van der Waals surface area contributed by atoms with Gasteiger partial charge in [0.05, 0.1) is 16.2 Å². The van der Waals surface area contributed by atoms with Crippen LogP contribution >= 0.6 is 15.9 Å². The lowest BCUT2D eigenvalue weighted by Crippen LogP contribution is -2.13. The number of anilines is 1. The van der Waals surface area contributed by atoms with Gasteiger partial charge in [-0.25, -0.2) is 4.68 Å². The van der Waals surface area contributed by atoms with E-state index in [2.05, 4.69) is 28.0 Å². The molecular formula is C14H24BrN3. The van der Waals surface area contributed by atoms with Gasteiger partial charge in [0.25, 0.3) is 0 Å². The molecule has 0 aliphatic heterocycles. The third kappa shape index (κ3) is 2.90. The maximum absolute atomic E-state index is 6.13. The molecule has 0 bridgehead atoms. The van der Waals surface area contributed by atoms with Gasteiger partial charge in [0.1, 0.15) is 5.82 Å². The molecule has 1 aliphatic carbocycles. The molecule has 1 saturated carbocycles. The summed E-state index contributed by atoms with van der Waals surface area (Å²) >= 11 is 3.51. The van der Waals surface area contributed by atoms with E-state index in [1.807, 2.05) is 11.6 Å². The zero-order chi connectivity index (χ0) is 13.1. The smallest absolute Gasteiger partial charge is 0.136 e. The molecule has 2 unspecified atom stereocenters. The zero-order valence-corrected chi connectivity index (χ0v) is 13.0. The van der Waals surface area contributed by atoms with Gasteiger partial charge in [0, 0.05) is 0 Å². The largest absolute Gasteiger partial charge is 0.383 e. The molecule has 1 aliphatic rings. The highest BCUT2D eigenvalue weighted by molar-refractivity contribution is 9.10. The molecule has 2 N–H and O–H groups in total. The second-order valence-electron chi connectivity index (χ2n) is 5.55. The molecule has 0 spiro atoms. The van der Waals surface area contributed by atoms with Crippen LogP contribution in [0.15, 0.2) is 4.47 Å². The summed E-state index contributed by atoms with van der Waals surface area (Å²) in [4.78, 5) is 0. The van der Waals surface area contributed by atoms with Crippen molar-refractivity contribution in [1.29, 1.82) is 0 Å². The van der Waals surface area contributed by atoms with Gasteiger partial charge in [-0.15, -0.1) is 0 Å². The Morgan fingerprint density at radius 2 is 2.11 bits per heavy atom. The number of hydrogen-bond acceptors (Lipinski definition) is 2. The van der Waals surface area contributed by atoms with E-state index in [0.29, 0.717) is 6.04 Å². The van der Waals surface area contributed by atoms with Crippen molar-refractivity contribution in [2.24, 2.45) is 5.92 Å². The molecule has 1 aromatic heterocycles. The van der Waals surface area contributed by atoms with Crippen molar-refractivity contribution in [1.82, 2.24) is 9.78 Å². The number of nitrogens with two attached hydrogens (primary N) is 1. The standard InChI is InChI=1S/C14H24BrN3/c1-3-5-11-6-4-7-12(9-8-11)18-14(16)13(15)10(2)17-18/h11-12H,3-9,16H2,1-2H3. The minimum atomic E-state index is 0.497. The topological polar surface area (TPSA) is 43.8 Å². The summed E-state index contributed by atoms with van der Waals surface area (Å²) in [5, 5.41) is 4.59. The fourth-order valence-electron chi connectivity index (χ4n) is 3.12. The van der Waals surface area contributed by atoms with Crippen LogP contribution in [0.1, 0.15) is 63.6 Å². The summed E-state index contributed by atoms with van der Waals surface area (Å²) in [6.45, 7) is 4.29. The summed E-state index contributed by atoms with van der Waals surface area (Å²) in [5.74, 6) is 1.72. The second kappa shape index (κ2) is 6.09. The fraction of sp³-hybridized carbons (Fsp3) is 0.786. The van der Waals surface area contributed by atoms with Crippen molar-refractivity contribution in [3.8, 4) is 0 Å². The van der Waals surface area contributed by atoms with Crippen molar-refractivity contribution < 1.29 is 0 Å². The zero-order valence-electron chi connectivity index (χ0n) is 11.5. The SMILES string of the molecule is CCCC1CCCC(n2nc(C)c(Br)c2N)CC1. The van der Waals surface area contributed by atoms with Crippen LogP contribution in [0.5, 0.6) is 0 Å². The summed E-state index contributed by atoms with van der Waals surface area (Å²) in [6.07, 6.45) is 9.15. The van der Waals surface area contributed by atoms with Gasteiger partial charge in [0.15, 0.2) is 0 Å². The monoisotopic (exact) mass is 313 g/mol. The van der Waals surface area contributed by atoms with E-state index in [0.717, 1.165) is 21.9 Å². The van der Waals surface area contributed by atoms with E-state index in [1.54, 1.807) is 0 Å². The van der Waals surface area contributed by atoms with Crippen LogP contribution in [-0.4, -0.2) is 9.78 Å². The second-order valence-corrected chi connectivity index (χ2v) is 6.34. The van der Waals surface area contributed by atoms with Crippen LogP contribution in [0.25, 0.3) is 0 Å².